The fourth-order valence-electron chi connectivity index (χ4n) is 1.68. The third-order valence-corrected chi connectivity index (χ3v) is 3.41. The van der Waals surface area contributed by atoms with E-state index < -0.39 is 0 Å². The van der Waals surface area contributed by atoms with Gasteiger partial charge in [0, 0.05) is 20.4 Å². The highest BCUT2D eigenvalue weighted by atomic mass is 127. The van der Waals surface area contributed by atoms with E-state index in [0.29, 0.717) is 17.4 Å². The quantitative estimate of drug-likeness (QED) is 0.558. The maximum atomic E-state index is 5.65. The number of rotatable bonds is 2. The summed E-state index contributed by atoms with van der Waals surface area (Å²) in [4.78, 5) is 4.39. The van der Waals surface area contributed by atoms with Crippen LogP contribution in [0.5, 0.6) is 0 Å². The molecule has 0 unspecified atom stereocenters. The van der Waals surface area contributed by atoms with Crippen LogP contribution < -0.4 is 5.73 Å². The molecule has 0 aliphatic heterocycles. The molecule has 3 rings (SSSR count). The van der Waals surface area contributed by atoms with Crippen LogP contribution in [0.3, 0.4) is 0 Å². The predicted octanol–water partition coefficient (Wildman–Crippen LogP) is 3.59. The Morgan fingerprint density at radius 1 is 0.895 bits per heavy atom. The molecule has 0 bridgehead atoms. The van der Waals surface area contributed by atoms with Gasteiger partial charge in [-0.25, -0.2) is 0 Å². The predicted molar refractivity (Wildman–Crippen MR) is 82.3 cm³/mol. The smallest absolute Gasteiger partial charge is 0.258 e. The lowest BCUT2D eigenvalue weighted by Gasteiger charge is -1.95. The minimum Gasteiger partial charge on any atom is -0.399 e. The average Bonchev–Trinajstić information content (AvgIpc) is 2.90. The summed E-state index contributed by atoms with van der Waals surface area (Å²) in [5.41, 5.74) is 8.16. The summed E-state index contributed by atoms with van der Waals surface area (Å²) >= 11 is 2.25. The Morgan fingerprint density at radius 2 is 1.53 bits per heavy atom. The summed E-state index contributed by atoms with van der Waals surface area (Å²) in [6, 6.07) is 15.3. The number of halogens is 1. The van der Waals surface area contributed by atoms with E-state index in [0.717, 1.165) is 11.1 Å². The van der Waals surface area contributed by atoms with Crippen molar-refractivity contribution in [3.05, 3.63) is 52.1 Å². The van der Waals surface area contributed by atoms with Crippen LogP contribution in [0.25, 0.3) is 22.8 Å². The molecule has 1 aromatic heterocycles. The summed E-state index contributed by atoms with van der Waals surface area (Å²) in [6.45, 7) is 0. The van der Waals surface area contributed by atoms with Crippen LogP contribution in [0.4, 0.5) is 5.69 Å². The monoisotopic (exact) mass is 363 g/mol. The first kappa shape index (κ1) is 12.2. The van der Waals surface area contributed by atoms with Crippen molar-refractivity contribution in [1.82, 2.24) is 10.1 Å². The molecule has 19 heavy (non-hydrogen) atoms. The van der Waals surface area contributed by atoms with E-state index in [1.807, 2.05) is 48.5 Å². The first-order valence-electron chi connectivity index (χ1n) is 5.68. The van der Waals surface area contributed by atoms with Crippen LogP contribution in [0, 0.1) is 3.57 Å². The summed E-state index contributed by atoms with van der Waals surface area (Å²) < 4.78 is 6.45. The van der Waals surface area contributed by atoms with Gasteiger partial charge >= 0.3 is 0 Å². The second kappa shape index (κ2) is 5.00. The van der Waals surface area contributed by atoms with E-state index >= 15 is 0 Å². The number of nitrogens with zero attached hydrogens (tertiary/aromatic N) is 2. The molecule has 4 nitrogen and oxygen atoms in total. The molecule has 3 aromatic rings. The van der Waals surface area contributed by atoms with Crippen molar-refractivity contribution in [1.29, 1.82) is 0 Å². The van der Waals surface area contributed by atoms with Gasteiger partial charge in [0.2, 0.25) is 5.82 Å². The summed E-state index contributed by atoms with van der Waals surface area (Å²) in [5, 5.41) is 3.99. The van der Waals surface area contributed by atoms with Crippen LogP contribution in [-0.4, -0.2) is 10.1 Å². The van der Waals surface area contributed by atoms with Crippen molar-refractivity contribution < 1.29 is 4.52 Å². The molecule has 0 fully saturated rings. The summed E-state index contributed by atoms with van der Waals surface area (Å²) in [6.07, 6.45) is 0. The molecule has 0 radical (unpaired) electrons. The van der Waals surface area contributed by atoms with Crippen molar-refractivity contribution in [2.45, 2.75) is 0 Å². The van der Waals surface area contributed by atoms with Crippen molar-refractivity contribution in [3.8, 4) is 22.8 Å². The Kier molecular flexibility index (Phi) is 3.20. The number of nitrogens with two attached hydrogens (primary N) is 1. The number of anilines is 1. The van der Waals surface area contributed by atoms with E-state index in [4.69, 9.17) is 10.3 Å². The van der Waals surface area contributed by atoms with Crippen molar-refractivity contribution in [2.24, 2.45) is 0 Å². The highest BCUT2D eigenvalue weighted by molar-refractivity contribution is 14.1. The van der Waals surface area contributed by atoms with E-state index in [-0.39, 0.29) is 0 Å². The van der Waals surface area contributed by atoms with Crippen LogP contribution in [0.2, 0.25) is 0 Å². The Morgan fingerprint density at radius 3 is 2.21 bits per heavy atom. The first-order valence-corrected chi connectivity index (χ1v) is 6.76. The molecule has 2 aromatic carbocycles. The Bertz CT molecular complexity index is 629. The lowest BCUT2D eigenvalue weighted by atomic mass is 10.2. The van der Waals surface area contributed by atoms with Crippen LogP contribution in [0.15, 0.2) is 53.1 Å². The van der Waals surface area contributed by atoms with E-state index in [9.17, 15) is 0 Å². The number of nitrogen functional groups attached to an aromatic ring is 1. The van der Waals surface area contributed by atoms with E-state index in [1.54, 1.807) is 0 Å². The molecule has 0 aliphatic rings. The maximum Gasteiger partial charge on any atom is 0.258 e. The SMILES string of the molecule is Nc1ccc(-c2noc(-c3ccc(I)cc3)n2)cc1. The van der Waals surface area contributed by atoms with Gasteiger partial charge < -0.3 is 10.3 Å². The van der Waals surface area contributed by atoms with Crippen LogP contribution >= 0.6 is 22.6 Å². The lowest BCUT2D eigenvalue weighted by molar-refractivity contribution is 0.432. The molecule has 1 heterocycles. The minimum absolute atomic E-state index is 0.517. The maximum absolute atomic E-state index is 5.65. The third-order valence-electron chi connectivity index (χ3n) is 2.69. The van der Waals surface area contributed by atoms with Crippen LogP contribution in [-0.2, 0) is 0 Å². The second-order valence-corrected chi connectivity index (χ2v) is 5.30. The number of hydrogen-bond donors (Lipinski definition) is 1. The average molecular weight is 363 g/mol. The topological polar surface area (TPSA) is 64.9 Å². The molecule has 0 spiro atoms. The second-order valence-electron chi connectivity index (χ2n) is 4.05. The molecule has 5 heteroatoms. The van der Waals surface area contributed by atoms with E-state index in [2.05, 4.69) is 32.7 Å². The molecule has 0 saturated heterocycles. The molecule has 0 amide bonds. The van der Waals surface area contributed by atoms with Crippen molar-refractivity contribution in [2.75, 3.05) is 5.73 Å². The zero-order valence-corrected chi connectivity index (χ0v) is 12.0. The normalized spacial score (nSPS) is 10.6. The number of aromatic nitrogens is 2. The van der Waals surface area contributed by atoms with Gasteiger partial charge in [0.1, 0.15) is 0 Å². The Hall–Kier alpha value is -1.89. The van der Waals surface area contributed by atoms with Gasteiger partial charge in [-0.3, -0.25) is 0 Å². The fraction of sp³-hybridized carbons (Fsp3) is 0. The van der Waals surface area contributed by atoms with Crippen molar-refractivity contribution >= 4 is 28.3 Å². The molecular weight excluding hydrogens is 353 g/mol. The summed E-state index contributed by atoms with van der Waals surface area (Å²) in [5.74, 6) is 1.08. The molecule has 0 aliphatic carbocycles. The molecular formula is C14H10IN3O. The van der Waals surface area contributed by atoms with Gasteiger partial charge in [-0.05, 0) is 71.1 Å². The lowest BCUT2D eigenvalue weighted by Crippen LogP contribution is -1.85. The number of benzene rings is 2. The van der Waals surface area contributed by atoms with Gasteiger partial charge in [-0.1, -0.05) is 5.16 Å². The van der Waals surface area contributed by atoms with Gasteiger partial charge in [0.25, 0.3) is 5.89 Å². The third kappa shape index (κ3) is 2.60. The van der Waals surface area contributed by atoms with Gasteiger partial charge in [-0.2, -0.15) is 4.98 Å². The Balaban J connectivity index is 1.95. The minimum atomic E-state index is 0.517. The molecule has 0 saturated carbocycles. The molecule has 2 N–H and O–H groups in total. The van der Waals surface area contributed by atoms with Crippen molar-refractivity contribution in [3.63, 3.8) is 0 Å². The van der Waals surface area contributed by atoms with Gasteiger partial charge in [0.15, 0.2) is 0 Å². The fourth-order valence-corrected chi connectivity index (χ4v) is 2.04. The summed E-state index contributed by atoms with van der Waals surface area (Å²) in [7, 11) is 0. The zero-order valence-electron chi connectivity index (χ0n) is 9.88. The molecule has 94 valence electrons. The first-order chi connectivity index (χ1) is 9.22. The van der Waals surface area contributed by atoms with Gasteiger partial charge in [0.05, 0.1) is 0 Å². The highest BCUT2D eigenvalue weighted by Gasteiger charge is 2.10. The highest BCUT2D eigenvalue weighted by Crippen LogP contribution is 2.23. The van der Waals surface area contributed by atoms with Gasteiger partial charge in [-0.15, -0.1) is 0 Å². The number of hydrogen-bond acceptors (Lipinski definition) is 4. The Labute approximate surface area is 123 Å². The standard InChI is InChI=1S/C14H10IN3O/c15-11-5-1-10(2-6-11)14-17-13(18-19-14)9-3-7-12(16)8-4-9/h1-8H,16H2. The zero-order chi connectivity index (χ0) is 13.2. The van der Waals surface area contributed by atoms with Crippen LogP contribution in [0.1, 0.15) is 0 Å². The largest absolute Gasteiger partial charge is 0.399 e. The molecule has 0 atom stereocenters. The van der Waals surface area contributed by atoms with E-state index in [1.165, 1.54) is 3.57 Å².